The van der Waals surface area contributed by atoms with Gasteiger partial charge in [0.05, 0.1) is 24.1 Å². The number of hydrogen-bond acceptors (Lipinski definition) is 5. The van der Waals surface area contributed by atoms with Crippen LogP contribution in [0.4, 0.5) is 5.69 Å². The molecule has 8 nitrogen and oxygen atoms in total. The van der Waals surface area contributed by atoms with Crippen LogP contribution < -0.4 is 14.4 Å². The van der Waals surface area contributed by atoms with Crippen molar-refractivity contribution in [1.29, 1.82) is 0 Å². The number of ether oxygens (including phenoxy) is 1. The van der Waals surface area contributed by atoms with Crippen molar-refractivity contribution >= 4 is 50.7 Å². The maximum absolute atomic E-state index is 14.1. The van der Waals surface area contributed by atoms with E-state index in [-0.39, 0.29) is 29.6 Å². The molecule has 1 atom stereocenters. The minimum Gasteiger partial charge on any atom is -0.495 e. The van der Waals surface area contributed by atoms with Gasteiger partial charge in [0.2, 0.25) is 21.8 Å². The van der Waals surface area contributed by atoms with Crippen molar-refractivity contribution in [2.24, 2.45) is 0 Å². The number of rotatable bonds is 14. The van der Waals surface area contributed by atoms with Crippen molar-refractivity contribution in [2.75, 3.05) is 30.8 Å². The van der Waals surface area contributed by atoms with E-state index in [4.69, 9.17) is 27.9 Å². The molecule has 0 unspecified atom stereocenters. The van der Waals surface area contributed by atoms with Gasteiger partial charge in [-0.15, -0.1) is 0 Å². The number of unbranched alkanes of at least 4 members (excludes halogenated alkanes) is 1. The molecular weight excluding hydrogens is 585 g/mol. The highest BCUT2D eigenvalue weighted by Gasteiger charge is 2.33. The van der Waals surface area contributed by atoms with Crippen LogP contribution in [-0.2, 0) is 32.6 Å². The van der Waals surface area contributed by atoms with Gasteiger partial charge in [0, 0.05) is 24.5 Å². The number of carbonyl (C=O) groups excluding carboxylic acids is 2. The number of sulfonamides is 1. The van der Waals surface area contributed by atoms with Crippen LogP contribution in [0.3, 0.4) is 0 Å². The molecule has 220 valence electrons. The molecule has 0 aliphatic carbocycles. The Kier molecular flexibility index (Phi) is 11.9. The highest BCUT2D eigenvalue weighted by atomic mass is 35.5. The molecule has 0 fully saturated rings. The van der Waals surface area contributed by atoms with Crippen LogP contribution in [0.25, 0.3) is 0 Å². The largest absolute Gasteiger partial charge is 0.495 e. The minimum absolute atomic E-state index is 0.0407. The smallest absolute Gasteiger partial charge is 0.244 e. The highest BCUT2D eigenvalue weighted by molar-refractivity contribution is 7.92. The Morgan fingerprint density at radius 2 is 1.68 bits per heavy atom. The molecule has 3 aromatic carbocycles. The maximum atomic E-state index is 14.1. The molecule has 0 saturated heterocycles. The number of anilines is 1. The molecule has 3 aromatic rings. The molecule has 2 amide bonds. The van der Waals surface area contributed by atoms with Gasteiger partial charge in [-0.25, -0.2) is 8.42 Å². The molecule has 11 heteroatoms. The fourth-order valence-electron chi connectivity index (χ4n) is 4.32. The van der Waals surface area contributed by atoms with Gasteiger partial charge in [-0.1, -0.05) is 79.0 Å². The molecule has 0 radical (unpaired) electrons. The van der Waals surface area contributed by atoms with Crippen molar-refractivity contribution < 1.29 is 22.7 Å². The van der Waals surface area contributed by atoms with Crippen LogP contribution in [0, 0.1) is 0 Å². The Morgan fingerprint density at radius 1 is 0.976 bits per heavy atom. The number of halogens is 2. The number of hydrogen-bond donors (Lipinski definition) is 1. The van der Waals surface area contributed by atoms with Crippen LogP contribution in [0.2, 0.25) is 10.0 Å². The lowest BCUT2D eigenvalue weighted by molar-refractivity contribution is -0.140. The number of amides is 2. The second-order valence-electron chi connectivity index (χ2n) is 9.59. The molecular formula is C30H35Cl2N3O5S. The van der Waals surface area contributed by atoms with Gasteiger partial charge in [0.1, 0.15) is 18.3 Å². The van der Waals surface area contributed by atoms with Gasteiger partial charge in [-0.2, -0.15) is 0 Å². The van der Waals surface area contributed by atoms with E-state index in [1.54, 1.807) is 24.3 Å². The van der Waals surface area contributed by atoms with Crippen molar-refractivity contribution in [2.45, 2.75) is 38.8 Å². The minimum atomic E-state index is -3.92. The first kappa shape index (κ1) is 32.2. The summed E-state index contributed by atoms with van der Waals surface area (Å²) in [5.74, 6) is -0.519. The fourth-order valence-corrected chi connectivity index (χ4v) is 5.62. The molecule has 0 aromatic heterocycles. The molecule has 0 heterocycles. The molecule has 1 N–H and O–H groups in total. The van der Waals surface area contributed by atoms with E-state index in [1.165, 1.54) is 30.2 Å². The normalized spacial score (nSPS) is 11.9. The Hall–Kier alpha value is -3.27. The van der Waals surface area contributed by atoms with Crippen LogP contribution in [0.15, 0.2) is 72.8 Å². The molecule has 3 rings (SSSR count). The number of nitrogens with one attached hydrogen (secondary N) is 1. The van der Waals surface area contributed by atoms with E-state index < -0.39 is 28.5 Å². The van der Waals surface area contributed by atoms with Gasteiger partial charge in [-0.3, -0.25) is 13.9 Å². The molecule has 41 heavy (non-hydrogen) atoms. The third-order valence-corrected chi connectivity index (χ3v) is 8.12. The second kappa shape index (κ2) is 15.1. The summed E-state index contributed by atoms with van der Waals surface area (Å²) >= 11 is 12.5. The van der Waals surface area contributed by atoms with E-state index in [0.717, 1.165) is 29.0 Å². The monoisotopic (exact) mass is 619 g/mol. The van der Waals surface area contributed by atoms with Crippen LogP contribution in [0.5, 0.6) is 5.75 Å². The summed E-state index contributed by atoms with van der Waals surface area (Å²) in [5, 5.41) is 3.62. The van der Waals surface area contributed by atoms with E-state index in [1.807, 2.05) is 37.3 Å². The highest BCUT2D eigenvalue weighted by Crippen LogP contribution is 2.30. The maximum Gasteiger partial charge on any atom is 0.244 e. The van der Waals surface area contributed by atoms with Gasteiger partial charge in [-0.05, 0) is 47.9 Å². The van der Waals surface area contributed by atoms with E-state index in [9.17, 15) is 18.0 Å². The predicted molar refractivity (Wildman–Crippen MR) is 164 cm³/mol. The zero-order chi connectivity index (χ0) is 30.0. The first-order valence-corrected chi connectivity index (χ1v) is 15.8. The summed E-state index contributed by atoms with van der Waals surface area (Å²) in [5.41, 5.74) is 1.75. The van der Waals surface area contributed by atoms with Crippen molar-refractivity contribution in [1.82, 2.24) is 10.2 Å². The molecule has 0 spiro atoms. The summed E-state index contributed by atoms with van der Waals surface area (Å²) in [6.07, 6.45) is 2.92. The number of benzene rings is 3. The molecule has 0 bridgehead atoms. The number of methoxy groups -OCH3 is 1. The van der Waals surface area contributed by atoms with Gasteiger partial charge in [0.15, 0.2) is 0 Å². The van der Waals surface area contributed by atoms with Crippen LogP contribution in [-0.4, -0.2) is 57.6 Å². The van der Waals surface area contributed by atoms with Crippen LogP contribution in [0.1, 0.15) is 30.9 Å². The second-order valence-corrected chi connectivity index (χ2v) is 12.3. The summed E-state index contributed by atoms with van der Waals surface area (Å²) in [4.78, 5) is 29.1. The first-order chi connectivity index (χ1) is 19.5. The molecule has 0 saturated carbocycles. The van der Waals surface area contributed by atoms with Crippen molar-refractivity contribution in [3.63, 3.8) is 0 Å². The van der Waals surface area contributed by atoms with Crippen molar-refractivity contribution in [3.8, 4) is 5.75 Å². The summed E-state index contributed by atoms with van der Waals surface area (Å²) in [6, 6.07) is 19.9. The summed E-state index contributed by atoms with van der Waals surface area (Å²) in [6.45, 7) is 1.97. The van der Waals surface area contributed by atoms with E-state index in [0.29, 0.717) is 22.9 Å². The van der Waals surface area contributed by atoms with Gasteiger partial charge >= 0.3 is 0 Å². The number of nitrogens with zero attached hydrogens (tertiary/aromatic N) is 2. The summed E-state index contributed by atoms with van der Waals surface area (Å²) < 4.78 is 32.0. The van der Waals surface area contributed by atoms with Crippen molar-refractivity contribution in [3.05, 3.63) is 94.0 Å². The van der Waals surface area contributed by atoms with Crippen LogP contribution >= 0.6 is 23.2 Å². The standard InChI is InChI=1S/C30H35Cl2N3O5S/c1-4-5-16-33-30(37)27(18-22-10-7-6-8-11-22)34(20-23-12-9-13-24(31)17-23)29(36)21-35(41(3,38)39)25-14-15-28(40-2)26(32)19-25/h6-15,17,19,27H,4-5,16,18,20-21H2,1-3H3,(H,33,37)/t27-/m0/s1. The Bertz CT molecular complexity index is 1440. The molecule has 0 aliphatic heterocycles. The van der Waals surface area contributed by atoms with E-state index in [2.05, 4.69) is 5.32 Å². The Morgan fingerprint density at radius 3 is 2.29 bits per heavy atom. The first-order valence-electron chi connectivity index (χ1n) is 13.2. The predicted octanol–water partition coefficient (Wildman–Crippen LogP) is 5.32. The van der Waals surface area contributed by atoms with E-state index >= 15 is 0 Å². The zero-order valence-corrected chi connectivity index (χ0v) is 25.7. The lowest BCUT2D eigenvalue weighted by atomic mass is 10.0. The topological polar surface area (TPSA) is 96.0 Å². The quantitative estimate of drug-likeness (QED) is 0.246. The summed E-state index contributed by atoms with van der Waals surface area (Å²) in [7, 11) is -2.47. The van der Waals surface area contributed by atoms with Gasteiger partial charge in [0.25, 0.3) is 0 Å². The molecule has 0 aliphatic rings. The van der Waals surface area contributed by atoms with Gasteiger partial charge < -0.3 is 15.0 Å². The third-order valence-electron chi connectivity index (χ3n) is 6.45. The SMILES string of the molecule is CCCCNC(=O)[C@H](Cc1ccccc1)N(Cc1cccc(Cl)c1)C(=O)CN(c1ccc(OC)c(Cl)c1)S(C)(=O)=O. The third kappa shape index (κ3) is 9.38. The lowest BCUT2D eigenvalue weighted by Crippen LogP contribution is -2.53. The number of carbonyl (C=O) groups is 2. The average molecular weight is 621 g/mol. The Balaban J connectivity index is 2.04. The lowest BCUT2D eigenvalue weighted by Gasteiger charge is -2.33. The Labute approximate surface area is 252 Å². The zero-order valence-electron chi connectivity index (χ0n) is 23.3. The fraction of sp³-hybridized carbons (Fsp3) is 0.333. The average Bonchev–Trinajstić information content (AvgIpc) is 2.93.